The summed E-state index contributed by atoms with van der Waals surface area (Å²) in [6.45, 7) is 5.16. The molecule has 1 spiro atoms. The molecule has 2 heterocycles. The third kappa shape index (κ3) is 1.40. The van der Waals surface area contributed by atoms with E-state index in [4.69, 9.17) is 0 Å². The van der Waals surface area contributed by atoms with E-state index in [9.17, 15) is 0 Å². The van der Waals surface area contributed by atoms with Gasteiger partial charge in [0.15, 0.2) is 0 Å². The van der Waals surface area contributed by atoms with Crippen LogP contribution in [-0.4, -0.2) is 38.1 Å². The summed E-state index contributed by atoms with van der Waals surface area (Å²) in [5.41, 5.74) is 0.731. The zero-order valence-corrected chi connectivity index (χ0v) is 7.73. The number of hydrogen-bond donors (Lipinski definition) is 1. The van der Waals surface area contributed by atoms with Crippen LogP contribution >= 0.6 is 24.8 Å². The fourth-order valence-electron chi connectivity index (χ4n) is 1.80. The molecular formula is C6H14Cl2N2. The first-order chi connectivity index (χ1) is 3.81. The van der Waals surface area contributed by atoms with E-state index in [0.717, 1.165) is 5.41 Å². The SMILES string of the molecule is CN1CC2(CNC2)C1.Cl.Cl. The molecule has 2 aliphatic rings. The Morgan fingerprint density at radius 1 is 1.20 bits per heavy atom. The number of rotatable bonds is 0. The Kier molecular flexibility index (Phi) is 3.43. The predicted molar refractivity (Wildman–Crippen MR) is 47.3 cm³/mol. The molecule has 0 unspecified atom stereocenters. The second kappa shape index (κ2) is 3.26. The lowest BCUT2D eigenvalue weighted by atomic mass is 9.75. The number of hydrogen-bond acceptors (Lipinski definition) is 2. The molecule has 2 aliphatic heterocycles. The first-order valence-corrected chi connectivity index (χ1v) is 3.20. The quantitative estimate of drug-likeness (QED) is 0.586. The van der Waals surface area contributed by atoms with Crippen molar-refractivity contribution in [3.05, 3.63) is 0 Å². The molecule has 0 amide bonds. The van der Waals surface area contributed by atoms with Crippen molar-refractivity contribution in [1.29, 1.82) is 0 Å². The molecule has 0 aromatic heterocycles. The lowest BCUT2D eigenvalue weighted by Gasteiger charge is -2.55. The van der Waals surface area contributed by atoms with Gasteiger partial charge in [-0.2, -0.15) is 0 Å². The van der Waals surface area contributed by atoms with Gasteiger partial charge in [0.25, 0.3) is 0 Å². The van der Waals surface area contributed by atoms with Gasteiger partial charge in [-0.05, 0) is 7.05 Å². The maximum atomic E-state index is 3.30. The average molecular weight is 185 g/mol. The maximum Gasteiger partial charge on any atom is 0.0206 e. The van der Waals surface area contributed by atoms with Crippen molar-refractivity contribution in [3.63, 3.8) is 0 Å². The molecule has 2 saturated heterocycles. The molecule has 4 heteroatoms. The Balaban J connectivity index is 0.000000405. The molecule has 0 radical (unpaired) electrons. The van der Waals surface area contributed by atoms with Gasteiger partial charge in [0.05, 0.1) is 0 Å². The number of nitrogens with zero attached hydrogens (tertiary/aromatic N) is 1. The standard InChI is InChI=1S/C6H12N2.2ClH/c1-8-4-6(5-8)2-7-3-6;;/h7H,2-5H2,1H3;2*1H. The smallest absolute Gasteiger partial charge is 0.0206 e. The van der Waals surface area contributed by atoms with Crippen LogP contribution in [-0.2, 0) is 0 Å². The summed E-state index contributed by atoms with van der Waals surface area (Å²) in [5, 5.41) is 3.30. The van der Waals surface area contributed by atoms with Gasteiger partial charge in [0.1, 0.15) is 0 Å². The minimum atomic E-state index is 0. The molecule has 62 valence electrons. The highest BCUT2D eigenvalue weighted by molar-refractivity contribution is 5.85. The lowest BCUT2D eigenvalue weighted by Crippen LogP contribution is -2.69. The second-order valence-electron chi connectivity index (χ2n) is 3.28. The summed E-state index contributed by atoms with van der Waals surface area (Å²) < 4.78 is 0. The van der Waals surface area contributed by atoms with E-state index >= 15 is 0 Å². The summed E-state index contributed by atoms with van der Waals surface area (Å²) in [4.78, 5) is 2.38. The number of nitrogens with one attached hydrogen (secondary N) is 1. The molecule has 0 aromatic carbocycles. The zero-order valence-electron chi connectivity index (χ0n) is 6.09. The largest absolute Gasteiger partial charge is 0.315 e. The fraction of sp³-hybridized carbons (Fsp3) is 1.00. The maximum absolute atomic E-state index is 3.30. The highest BCUT2D eigenvalue weighted by Gasteiger charge is 2.45. The number of halogens is 2. The van der Waals surface area contributed by atoms with Gasteiger partial charge < -0.3 is 10.2 Å². The van der Waals surface area contributed by atoms with E-state index < -0.39 is 0 Å². The fourth-order valence-corrected chi connectivity index (χ4v) is 1.80. The first-order valence-electron chi connectivity index (χ1n) is 3.20. The topological polar surface area (TPSA) is 15.3 Å². The van der Waals surface area contributed by atoms with E-state index in [2.05, 4.69) is 17.3 Å². The van der Waals surface area contributed by atoms with Crippen molar-refractivity contribution in [3.8, 4) is 0 Å². The Bertz CT molecular complexity index is 106. The third-order valence-corrected chi connectivity index (χ3v) is 2.21. The van der Waals surface area contributed by atoms with Crippen molar-refractivity contribution in [1.82, 2.24) is 10.2 Å². The average Bonchev–Trinajstić information content (AvgIpc) is 1.51. The van der Waals surface area contributed by atoms with Crippen molar-refractivity contribution in [2.24, 2.45) is 5.41 Å². The summed E-state index contributed by atoms with van der Waals surface area (Å²) in [7, 11) is 2.18. The monoisotopic (exact) mass is 184 g/mol. The molecule has 0 bridgehead atoms. The lowest BCUT2D eigenvalue weighted by molar-refractivity contribution is -0.0218. The third-order valence-electron chi connectivity index (χ3n) is 2.21. The van der Waals surface area contributed by atoms with Crippen LogP contribution in [0.1, 0.15) is 0 Å². The summed E-state index contributed by atoms with van der Waals surface area (Å²) in [6.07, 6.45) is 0. The van der Waals surface area contributed by atoms with Crippen LogP contribution in [0.2, 0.25) is 0 Å². The van der Waals surface area contributed by atoms with Gasteiger partial charge >= 0.3 is 0 Å². The van der Waals surface area contributed by atoms with Crippen LogP contribution in [0.25, 0.3) is 0 Å². The van der Waals surface area contributed by atoms with Crippen LogP contribution < -0.4 is 5.32 Å². The Morgan fingerprint density at radius 2 is 1.70 bits per heavy atom. The van der Waals surface area contributed by atoms with Gasteiger partial charge in [-0.25, -0.2) is 0 Å². The second-order valence-corrected chi connectivity index (χ2v) is 3.28. The van der Waals surface area contributed by atoms with E-state index in [0.29, 0.717) is 0 Å². The molecule has 1 N–H and O–H groups in total. The van der Waals surface area contributed by atoms with Crippen molar-refractivity contribution >= 4 is 24.8 Å². The molecule has 0 atom stereocenters. The van der Waals surface area contributed by atoms with Crippen molar-refractivity contribution in [2.75, 3.05) is 33.2 Å². The van der Waals surface area contributed by atoms with Crippen LogP contribution in [0.4, 0.5) is 0 Å². The Hall–Kier alpha value is 0.500. The van der Waals surface area contributed by atoms with E-state index in [1.165, 1.54) is 26.2 Å². The van der Waals surface area contributed by atoms with Crippen LogP contribution in [0, 0.1) is 5.41 Å². The van der Waals surface area contributed by atoms with E-state index in [1.807, 2.05) is 0 Å². The van der Waals surface area contributed by atoms with Crippen molar-refractivity contribution in [2.45, 2.75) is 0 Å². The molecular weight excluding hydrogens is 171 g/mol. The minimum Gasteiger partial charge on any atom is -0.315 e. The molecule has 2 nitrogen and oxygen atoms in total. The van der Waals surface area contributed by atoms with Crippen LogP contribution in [0.5, 0.6) is 0 Å². The number of likely N-dealkylation sites (tertiary alicyclic amines) is 1. The molecule has 2 rings (SSSR count). The normalized spacial score (nSPS) is 27.3. The van der Waals surface area contributed by atoms with Gasteiger partial charge in [-0.1, -0.05) is 0 Å². The molecule has 2 fully saturated rings. The van der Waals surface area contributed by atoms with Crippen LogP contribution in [0.15, 0.2) is 0 Å². The van der Waals surface area contributed by atoms with Gasteiger partial charge in [0.2, 0.25) is 0 Å². The minimum absolute atomic E-state index is 0. The molecule has 0 aliphatic carbocycles. The Labute approximate surface area is 74.2 Å². The van der Waals surface area contributed by atoms with Gasteiger partial charge in [-0.3, -0.25) is 0 Å². The van der Waals surface area contributed by atoms with E-state index in [1.54, 1.807) is 0 Å². The first kappa shape index (κ1) is 10.5. The summed E-state index contributed by atoms with van der Waals surface area (Å²) in [6, 6.07) is 0. The van der Waals surface area contributed by atoms with Gasteiger partial charge in [-0.15, -0.1) is 24.8 Å². The summed E-state index contributed by atoms with van der Waals surface area (Å²) in [5.74, 6) is 0. The van der Waals surface area contributed by atoms with Gasteiger partial charge in [0, 0.05) is 31.6 Å². The van der Waals surface area contributed by atoms with E-state index in [-0.39, 0.29) is 24.8 Å². The predicted octanol–water partition coefficient (Wildman–Crippen LogP) is 0.365. The molecule has 0 saturated carbocycles. The highest BCUT2D eigenvalue weighted by atomic mass is 35.5. The van der Waals surface area contributed by atoms with Crippen LogP contribution in [0.3, 0.4) is 0 Å². The van der Waals surface area contributed by atoms with Crippen molar-refractivity contribution < 1.29 is 0 Å². The molecule has 10 heavy (non-hydrogen) atoms. The Morgan fingerprint density at radius 3 is 1.80 bits per heavy atom. The zero-order chi connectivity index (χ0) is 5.61. The highest BCUT2D eigenvalue weighted by Crippen LogP contribution is 2.32. The molecule has 0 aromatic rings. The summed E-state index contributed by atoms with van der Waals surface area (Å²) >= 11 is 0.